The van der Waals surface area contributed by atoms with Gasteiger partial charge in [0.2, 0.25) is 0 Å². The molecule has 2 N–H and O–H groups in total. The van der Waals surface area contributed by atoms with E-state index in [1.54, 1.807) is 10.9 Å². The molecule has 0 bridgehead atoms. The number of piperazine rings is 1. The lowest BCUT2D eigenvalue weighted by molar-refractivity contribution is -0.275. The van der Waals surface area contributed by atoms with Crippen molar-refractivity contribution in [3.8, 4) is 11.3 Å². The summed E-state index contributed by atoms with van der Waals surface area (Å²) in [4.78, 5) is 22.5. The maximum atomic E-state index is 11.6. The summed E-state index contributed by atoms with van der Waals surface area (Å²) in [6.45, 7) is 2.38. The first kappa shape index (κ1) is 21.9. The Balaban J connectivity index is 0.000000260. The van der Waals surface area contributed by atoms with Gasteiger partial charge in [0.05, 0.1) is 11.9 Å². The number of aryl methyl sites for hydroxylation is 1. The predicted molar refractivity (Wildman–Crippen MR) is 109 cm³/mol. The van der Waals surface area contributed by atoms with E-state index in [1.165, 1.54) is 4.90 Å². The number of nitrogens with zero attached hydrogens (tertiary/aromatic N) is 5. The van der Waals surface area contributed by atoms with Crippen molar-refractivity contribution in [1.29, 1.82) is 0 Å². The van der Waals surface area contributed by atoms with Gasteiger partial charge in [0.15, 0.2) is 0 Å². The van der Waals surface area contributed by atoms with Gasteiger partial charge in [-0.05, 0) is 12.1 Å². The molecule has 1 saturated carbocycles. The third-order valence-electron chi connectivity index (χ3n) is 5.70. The highest BCUT2D eigenvalue weighted by molar-refractivity contribution is 5.93. The zero-order chi connectivity index (χ0) is 23.1. The minimum absolute atomic E-state index is 0.513. The number of rotatable bonds is 2. The number of aromatic nitrogens is 4. The highest BCUT2D eigenvalue weighted by atomic mass is 19.3. The van der Waals surface area contributed by atoms with Crippen LogP contribution >= 0.6 is 0 Å². The van der Waals surface area contributed by atoms with Crippen LogP contribution in [0.3, 0.4) is 0 Å². The molecular weight excluding hydrogens is 432 g/mol. The molecule has 0 radical (unpaired) electrons. The molecule has 1 amide bonds. The number of H-pyrrole nitrogens is 1. The Morgan fingerprint density at radius 2 is 1.78 bits per heavy atom. The van der Waals surface area contributed by atoms with E-state index in [2.05, 4.69) is 26.0 Å². The van der Waals surface area contributed by atoms with E-state index in [4.69, 9.17) is 5.11 Å². The molecule has 0 aromatic carbocycles. The second-order valence-corrected chi connectivity index (χ2v) is 7.84. The maximum Gasteiger partial charge on any atom is 0.407 e. The van der Waals surface area contributed by atoms with Crippen molar-refractivity contribution >= 4 is 22.8 Å². The molecule has 0 spiro atoms. The van der Waals surface area contributed by atoms with E-state index in [0.717, 1.165) is 28.0 Å². The van der Waals surface area contributed by atoms with Crippen molar-refractivity contribution in [3.63, 3.8) is 0 Å². The van der Waals surface area contributed by atoms with Crippen LogP contribution in [0.25, 0.3) is 22.3 Å². The molecule has 1 aliphatic heterocycles. The lowest BCUT2D eigenvalue weighted by atomic mass is 9.90. The van der Waals surface area contributed by atoms with Gasteiger partial charge in [0, 0.05) is 75.1 Å². The number of carbonyl (C=O) groups is 1. The average molecular weight is 454 g/mol. The Morgan fingerprint density at radius 3 is 2.28 bits per heavy atom. The van der Waals surface area contributed by atoms with Crippen LogP contribution in [0.15, 0.2) is 30.7 Å². The number of fused-ring (bicyclic) bond motifs is 1. The Hall–Kier alpha value is -3.31. The number of hydrogen-bond donors (Lipinski definition) is 2. The van der Waals surface area contributed by atoms with E-state index < -0.39 is 30.8 Å². The molecule has 2 aliphatic rings. The molecule has 172 valence electrons. The standard InChI is InChI=1S/C16H18N6O2.C4H4F4/c1-20-10-11(9-18-20)13-8-12-14(2-3-17-15(12)19-13)21-4-6-22(7-5-21)16(23)24;5-3(6)1-2-4(3,7)8/h2-3,8-10H,4-7H2,1H3,(H,17,19)(H,23,24);1-2H2. The molecule has 3 aromatic heterocycles. The summed E-state index contributed by atoms with van der Waals surface area (Å²) in [5.74, 6) is -7.43. The topological polar surface area (TPSA) is 90.3 Å². The zero-order valence-corrected chi connectivity index (χ0v) is 17.2. The van der Waals surface area contributed by atoms with Gasteiger partial charge in [-0.1, -0.05) is 0 Å². The van der Waals surface area contributed by atoms with Gasteiger partial charge in [0.25, 0.3) is 0 Å². The number of carboxylic acid groups (broad SMARTS) is 1. The molecule has 12 heteroatoms. The van der Waals surface area contributed by atoms with Crippen molar-refractivity contribution in [2.75, 3.05) is 31.1 Å². The summed E-state index contributed by atoms with van der Waals surface area (Å²) in [7, 11) is 1.89. The first-order chi connectivity index (χ1) is 15.1. The van der Waals surface area contributed by atoms with Crippen LogP contribution in [0.5, 0.6) is 0 Å². The van der Waals surface area contributed by atoms with Gasteiger partial charge in [-0.15, -0.1) is 0 Å². The smallest absolute Gasteiger partial charge is 0.407 e. The molecular formula is C20H22F4N6O2. The van der Waals surface area contributed by atoms with Crippen molar-refractivity contribution in [3.05, 3.63) is 30.7 Å². The van der Waals surface area contributed by atoms with Crippen molar-refractivity contribution in [2.24, 2.45) is 7.05 Å². The number of nitrogens with one attached hydrogen (secondary N) is 1. The molecule has 1 saturated heterocycles. The number of amides is 1. The van der Waals surface area contributed by atoms with E-state index in [0.29, 0.717) is 26.2 Å². The van der Waals surface area contributed by atoms with Crippen LogP contribution in [-0.2, 0) is 7.05 Å². The van der Waals surface area contributed by atoms with Crippen LogP contribution in [0.4, 0.5) is 28.0 Å². The van der Waals surface area contributed by atoms with Gasteiger partial charge in [-0.25, -0.2) is 9.78 Å². The molecule has 32 heavy (non-hydrogen) atoms. The summed E-state index contributed by atoms with van der Waals surface area (Å²) in [6.07, 6.45) is 3.37. The molecule has 0 unspecified atom stereocenters. The van der Waals surface area contributed by atoms with Crippen molar-refractivity contribution in [1.82, 2.24) is 24.6 Å². The average Bonchev–Trinajstić information content (AvgIpc) is 3.39. The van der Waals surface area contributed by atoms with E-state index in [9.17, 15) is 22.4 Å². The Bertz CT molecular complexity index is 1110. The highest BCUT2D eigenvalue weighted by Crippen LogP contribution is 2.50. The van der Waals surface area contributed by atoms with Crippen LogP contribution < -0.4 is 4.90 Å². The minimum Gasteiger partial charge on any atom is -0.465 e. The minimum atomic E-state index is -3.72. The molecule has 0 atom stereocenters. The fraction of sp³-hybridized carbons (Fsp3) is 0.450. The first-order valence-electron chi connectivity index (χ1n) is 10.0. The number of halogens is 4. The van der Waals surface area contributed by atoms with E-state index in [-0.39, 0.29) is 0 Å². The van der Waals surface area contributed by atoms with E-state index in [1.807, 2.05) is 25.5 Å². The largest absolute Gasteiger partial charge is 0.465 e. The third kappa shape index (κ3) is 4.08. The number of pyridine rings is 1. The molecule has 4 heterocycles. The predicted octanol–water partition coefficient (Wildman–Crippen LogP) is 3.81. The van der Waals surface area contributed by atoms with E-state index >= 15 is 0 Å². The first-order valence-corrected chi connectivity index (χ1v) is 10.0. The fourth-order valence-corrected chi connectivity index (χ4v) is 3.65. The number of anilines is 1. The van der Waals surface area contributed by atoms with Gasteiger partial charge in [0.1, 0.15) is 5.65 Å². The third-order valence-corrected chi connectivity index (χ3v) is 5.70. The van der Waals surface area contributed by atoms with Gasteiger partial charge < -0.3 is 19.9 Å². The van der Waals surface area contributed by atoms with Crippen LogP contribution in [-0.4, -0.2) is 73.9 Å². The number of alkyl halides is 4. The number of hydrogen-bond acceptors (Lipinski definition) is 4. The Labute approximate surface area is 180 Å². The Morgan fingerprint density at radius 1 is 1.12 bits per heavy atom. The lowest BCUT2D eigenvalue weighted by Crippen LogP contribution is -2.50. The van der Waals surface area contributed by atoms with Crippen LogP contribution in [0.2, 0.25) is 0 Å². The summed E-state index contributed by atoms with van der Waals surface area (Å²) < 4.78 is 48.0. The second kappa shape index (κ2) is 7.99. The molecule has 8 nitrogen and oxygen atoms in total. The lowest BCUT2D eigenvalue weighted by Gasteiger charge is -2.35. The van der Waals surface area contributed by atoms with Crippen molar-refractivity contribution in [2.45, 2.75) is 24.7 Å². The maximum absolute atomic E-state index is 11.6. The Kier molecular flexibility index (Phi) is 5.47. The highest BCUT2D eigenvalue weighted by Gasteiger charge is 2.64. The van der Waals surface area contributed by atoms with Gasteiger partial charge in [-0.2, -0.15) is 22.7 Å². The van der Waals surface area contributed by atoms with Crippen LogP contribution in [0.1, 0.15) is 12.8 Å². The molecule has 2 fully saturated rings. The monoisotopic (exact) mass is 454 g/mol. The summed E-state index contributed by atoms with van der Waals surface area (Å²) >= 11 is 0. The SMILES string of the molecule is Cn1cc(-c2cc3c(N4CCN(C(=O)O)CC4)ccnc3[nH]2)cn1.FC1(F)CCC1(F)F. The summed E-state index contributed by atoms with van der Waals surface area (Å²) in [5.41, 5.74) is 3.89. The zero-order valence-electron chi connectivity index (χ0n) is 17.2. The van der Waals surface area contributed by atoms with Gasteiger partial charge in [-0.3, -0.25) is 4.68 Å². The molecule has 3 aromatic rings. The normalized spacial score (nSPS) is 19.3. The second-order valence-electron chi connectivity index (χ2n) is 7.84. The molecule has 1 aliphatic carbocycles. The quantitative estimate of drug-likeness (QED) is 0.575. The molecule has 5 rings (SSSR count). The fourth-order valence-electron chi connectivity index (χ4n) is 3.65. The number of aromatic amines is 1. The van der Waals surface area contributed by atoms with Gasteiger partial charge >= 0.3 is 17.9 Å². The summed E-state index contributed by atoms with van der Waals surface area (Å²) in [5, 5.41) is 14.3. The van der Waals surface area contributed by atoms with Crippen LogP contribution in [0, 0.1) is 0 Å². The summed E-state index contributed by atoms with van der Waals surface area (Å²) in [6, 6.07) is 4.07. The van der Waals surface area contributed by atoms with Crippen molar-refractivity contribution < 1.29 is 27.5 Å².